The van der Waals surface area contributed by atoms with Crippen LogP contribution in [-0.2, 0) is 13.2 Å². The standard InChI is InChI=1S/C22H20F3N5O/c1-29-12-18-17-8-14(21(31)27-11-13-9-26-10-13)2-7-19(17)30(20(18)28-29)16-5-3-15(4-6-16)22(23,24)25/h2-8,12-13,26H,9-11H2,1H3,(H,27,31). The molecule has 1 amide bonds. The van der Waals surface area contributed by atoms with E-state index in [4.69, 9.17) is 0 Å². The molecule has 160 valence electrons. The molecule has 3 heterocycles. The molecule has 2 N–H and O–H groups in total. The zero-order chi connectivity index (χ0) is 21.8. The van der Waals surface area contributed by atoms with Crippen LogP contribution in [0, 0.1) is 5.92 Å². The first-order valence-corrected chi connectivity index (χ1v) is 9.95. The maximum absolute atomic E-state index is 13.0. The summed E-state index contributed by atoms with van der Waals surface area (Å²) in [6.45, 7) is 2.44. The molecule has 5 rings (SSSR count). The Hall–Kier alpha value is -3.33. The molecule has 1 aliphatic heterocycles. The molecule has 0 aliphatic carbocycles. The predicted molar refractivity (Wildman–Crippen MR) is 111 cm³/mol. The van der Waals surface area contributed by atoms with Gasteiger partial charge in [0.2, 0.25) is 0 Å². The van der Waals surface area contributed by atoms with Gasteiger partial charge < -0.3 is 10.6 Å². The van der Waals surface area contributed by atoms with E-state index in [0.29, 0.717) is 29.4 Å². The van der Waals surface area contributed by atoms with Crippen molar-refractivity contribution in [3.05, 3.63) is 59.8 Å². The van der Waals surface area contributed by atoms with Crippen LogP contribution in [0.5, 0.6) is 0 Å². The van der Waals surface area contributed by atoms with E-state index < -0.39 is 11.7 Å². The number of hydrogen-bond acceptors (Lipinski definition) is 3. The molecule has 1 fully saturated rings. The highest BCUT2D eigenvalue weighted by atomic mass is 19.4. The number of nitrogens with one attached hydrogen (secondary N) is 2. The SMILES string of the molecule is Cn1cc2c3cc(C(=O)NCC4CNC4)ccc3n(-c3ccc(C(F)(F)F)cc3)c2n1. The summed E-state index contributed by atoms with van der Waals surface area (Å²) in [7, 11) is 1.78. The number of aromatic nitrogens is 3. The lowest BCUT2D eigenvalue weighted by Gasteiger charge is -2.27. The number of aryl methyl sites for hydroxylation is 1. The van der Waals surface area contributed by atoms with Crippen LogP contribution in [-0.4, -0.2) is 39.9 Å². The fourth-order valence-electron chi connectivity index (χ4n) is 3.93. The first-order chi connectivity index (χ1) is 14.8. The van der Waals surface area contributed by atoms with Crippen molar-refractivity contribution in [3.8, 4) is 5.69 Å². The van der Waals surface area contributed by atoms with E-state index >= 15 is 0 Å². The second-order valence-electron chi connectivity index (χ2n) is 7.89. The van der Waals surface area contributed by atoms with Crippen LogP contribution in [0.4, 0.5) is 13.2 Å². The number of carbonyl (C=O) groups excluding carboxylic acids is 1. The van der Waals surface area contributed by atoms with Crippen molar-refractivity contribution in [2.24, 2.45) is 13.0 Å². The van der Waals surface area contributed by atoms with Crippen molar-refractivity contribution >= 4 is 27.8 Å². The van der Waals surface area contributed by atoms with Crippen molar-refractivity contribution in [2.45, 2.75) is 6.18 Å². The average molecular weight is 427 g/mol. The van der Waals surface area contributed by atoms with Gasteiger partial charge in [0.05, 0.1) is 11.1 Å². The Kier molecular flexibility index (Phi) is 4.51. The van der Waals surface area contributed by atoms with Gasteiger partial charge >= 0.3 is 6.18 Å². The maximum atomic E-state index is 13.0. The smallest absolute Gasteiger partial charge is 0.352 e. The van der Waals surface area contributed by atoms with Crippen molar-refractivity contribution in [1.29, 1.82) is 0 Å². The number of halogens is 3. The fourth-order valence-corrected chi connectivity index (χ4v) is 3.93. The fraction of sp³-hybridized carbons (Fsp3) is 0.273. The van der Waals surface area contributed by atoms with Gasteiger partial charge in [0.1, 0.15) is 0 Å². The van der Waals surface area contributed by atoms with Gasteiger partial charge in [-0.3, -0.25) is 14.0 Å². The van der Waals surface area contributed by atoms with Crippen molar-refractivity contribution in [3.63, 3.8) is 0 Å². The molecule has 0 radical (unpaired) electrons. The lowest BCUT2D eigenvalue weighted by atomic mass is 10.0. The highest BCUT2D eigenvalue weighted by Crippen LogP contribution is 2.34. The molecule has 31 heavy (non-hydrogen) atoms. The van der Waals surface area contributed by atoms with Gasteiger partial charge in [0, 0.05) is 60.8 Å². The molecule has 0 saturated carbocycles. The molecule has 9 heteroatoms. The number of carbonyl (C=O) groups is 1. The second-order valence-corrected chi connectivity index (χ2v) is 7.89. The van der Waals surface area contributed by atoms with Gasteiger partial charge in [0.15, 0.2) is 5.65 Å². The lowest BCUT2D eigenvalue weighted by Crippen LogP contribution is -2.48. The topological polar surface area (TPSA) is 63.9 Å². The lowest BCUT2D eigenvalue weighted by molar-refractivity contribution is -0.137. The van der Waals surface area contributed by atoms with Gasteiger partial charge in [-0.05, 0) is 42.5 Å². The van der Waals surface area contributed by atoms with Crippen LogP contribution < -0.4 is 10.6 Å². The Balaban J connectivity index is 1.57. The molecule has 0 spiro atoms. The summed E-state index contributed by atoms with van der Waals surface area (Å²) in [5.41, 5.74) is 1.80. The molecule has 1 saturated heterocycles. The third-order valence-corrected chi connectivity index (χ3v) is 5.68. The Labute approximate surface area is 175 Å². The predicted octanol–water partition coefficient (Wildman–Crippen LogP) is 3.49. The van der Waals surface area contributed by atoms with Gasteiger partial charge in [-0.1, -0.05) is 0 Å². The van der Waals surface area contributed by atoms with Crippen LogP contribution in [0.3, 0.4) is 0 Å². The van der Waals surface area contributed by atoms with Crippen molar-refractivity contribution < 1.29 is 18.0 Å². The number of alkyl halides is 3. The minimum Gasteiger partial charge on any atom is -0.352 e. The average Bonchev–Trinajstić information content (AvgIpc) is 3.20. The third-order valence-electron chi connectivity index (χ3n) is 5.68. The zero-order valence-electron chi connectivity index (χ0n) is 16.7. The summed E-state index contributed by atoms with van der Waals surface area (Å²) in [4.78, 5) is 12.6. The Morgan fingerprint density at radius 3 is 2.55 bits per heavy atom. The molecule has 1 aliphatic rings. The largest absolute Gasteiger partial charge is 0.416 e. The van der Waals surface area contributed by atoms with E-state index in [-0.39, 0.29) is 5.91 Å². The molecule has 0 bridgehead atoms. The Morgan fingerprint density at radius 1 is 1.16 bits per heavy atom. The highest BCUT2D eigenvalue weighted by Gasteiger charge is 2.30. The van der Waals surface area contributed by atoms with Gasteiger partial charge in [0.25, 0.3) is 5.91 Å². The van der Waals surface area contributed by atoms with Crippen LogP contribution in [0.1, 0.15) is 15.9 Å². The maximum Gasteiger partial charge on any atom is 0.416 e. The van der Waals surface area contributed by atoms with Crippen LogP contribution in [0.2, 0.25) is 0 Å². The summed E-state index contributed by atoms with van der Waals surface area (Å²) >= 11 is 0. The number of nitrogens with zero attached hydrogens (tertiary/aromatic N) is 3. The van der Waals surface area contributed by atoms with Gasteiger partial charge in [-0.15, -0.1) is 0 Å². The van der Waals surface area contributed by atoms with E-state index in [2.05, 4.69) is 15.7 Å². The summed E-state index contributed by atoms with van der Waals surface area (Å²) in [5.74, 6) is 0.312. The molecule has 4 aromatic rings. The molecule has 2 aromatic heterocycles. The van der Waals surface area contributed by atoms with Gasteiger partial charge in [-0.25, -0.2) is 0 Å². The molecular formula is C22H20F3N5O. The summed E-state index contributed by atoms with van der Waals surface area (Å²) in [6, 6.07) is 10.4. The van der Waals surface area contributed by atoms with E-state index in [9.17, 15) is 18.0 Å². The minimum atomic E-state index is -4.39. The number of benzene rings is 2. The molecule has 0 unspecified atom stereocenters. The van der Waals surface area contributed by atoms with Crippen molar-refractivity contribution in [2.75, 3.05) is 19.6 Å². The van der Waals surface area contributed by atoms with Crippen LogP contribution in [0.15, 0.2) is 48.7 Å². The number of amides is 1. The zero-order valence-corrected chi connectivity index (χ0v) is 16.7. The summed E-state index contributed by atoms with van der Waals surface area (Å²) in [6.07, 6.45) is -2.55. The molecular weight excluding hydrogens is 407 g/mol. The van der Waals surface area contributed by atoms with Crippen LogP contribution >= 0.6 is 0 Å². The quantitative estimate of drug-likeness (QED) is 0.524. The molecule has 0 atom stereocenters. The number of fused-ring (bicyclic) bond motifs is 3. The first kappa shape index (κ1) is 19.6. The molecule has 6 nitrogen and oxygen atoms in total. The normalized spacial score (nSPS) is 14.8. The van der Waals surface area contributed by atoms with Crippen molar-refractivity contribution in [1.82, 2.24) is 25.0 Å². The second kappa shape index (κ2) is 7.12. The number of hydrogen-bond donors (Lipinski definition) is 2. The van der Waals surface area contributed by atoms with E-state index in [0.717, 1.165) is 41.5 Å². The summed E-state index contributed by atoms with van der Waals surface area (Å²) < 4.78 is 42.4. The van der Waals surface area contributed by atoms with Gasteiger partial charge in [-0.2, -0.15) is 18.3 Å². The minimum absolute atomic E-state index is 0.145. The van der Waals surface area contributed by atoms with E-state index in [1.54, 1.807) is 17.8 Å². The van der Waals surface area contributed by atoms with Crippen LogP contribution in [0.25, 0.3) is 27.6 Å². The monoisotopic (exact) mass is 427 g/mol. The van der Waals surface area contributed by atoms with E-state index in [1.807, 2.05) is 22.9 Å². The number of rotatable bonds is 4. The first-order valence-electron chi connectivity index (χ1n) is 9.95. The summed E-state index contributed by atoms with van der Waals surface area (Å²) in [5, 5.41) is 12.3. The Morgan fingerprint density at radius 2 is 1.90 bits per heavy atom. The molecule has 2 aromatic carbocycles. The highest BCUT2D eigenvalue weighted by molar-refractivity contribution is 6.10. The third kappa shape index (κ3) is 3.44. The Bertz CT molecular complexity index is 1280. The van der Waals surface area contributed by atoms with E-state index in [1.165, 1.54) is 12.1 Å².